The van der Waals surface area contributed by atoms with E-state index in [2.05, 4.69) is 22.0 Å². The first kappa shape index (κ1) is 20.0. The Morgan fingerprint density at radius 3 is 2.38 bits per heavy atom. The molecule has 29 heavy (non-hydrogen) atoms. The van der Waals surface area contributed by atoms with Crippen molar-refractivity contribution in [1.82, 2.24) is 15.1 Å². The normalized spacial score (nSPS) is 20.6. The van der Waals surface area contributed by atoms with Gasteiger partial charge in [0.2, 0.25) is 11.8 Å². The van der Waals surface area contributed by atoms with Gasteiger partial charge in [-0.1, -0.05) is 19.3 Å². The molecule has 156 valence electrons. The van der Waals surface area contributed by atoms with Crippen LogP contribution >= 0.6 is 0 Å². The molecule has 1 atom stereocenters. The van der Waals surface area contributed by atoms with E-state index < -0.39 is 4.92 Å². The Bertz CT molecular complexity index is 808. The van der Waals surface area contributed by atoms with Crippen LogP contribution in [0.5, 0.6) is 0 Å². The third kappa shape index (κ3) is 4.82. The van der Waals surface area contributed by atoms with Crippen LogP contribution in [0.25, 0.3) is 11.5 Å². The minimum absolute atomic E-state index is 0.0323. The molecule has 8 heteroatoms. The summed E-state index contributed by atoms with van der Waals surface area (Å²) in [6.45, 7) is 3.98. The maximum atomic E-state index is 10.8. The van der Waals surface area contributed by atoms with E-state index in [9.17, 15) is 10.1 Å². The third-order valence-corrected chi connectivity index (χ3v) is 6.08. The van der Waals surface area contributed by atoms with Gasteiger partial charge in [-0.15, -0.1) is 10.2 Å². The van der Waals surface area contributed by atoms with E-state index in [0.29, 0.717) is 29.6 Å². The Kier molecular flexibility index (Phi) is 6.20. The van der Waals surface area contributed by atoms with Gasteiger partial charge in [0.25, 0.3) is 5.69 Å². The Labute approximate surface area is 170 Å². The van der Waals surface area contributed by atoms with Gasteiger partial charge in [0.15, 0.2) is 0 Å². The maximum absolute atomic E-state index is 10.8. The van der Waals surface area contributed by atoms with Crippen molar-refractivity contribution >= 4 is 5.69 Å². The smallest absolute Gasteiger partial charge is 0.269 e. The number of hydrogen-bond donors (Lipinski definition) is 0. The fraction of sp³-hybridized carbons (Fsp3) is 0.619. The number of nitro groups is 1. The quantitative estimate of drug-likeness (QED) is 0.520. The summed E-state index contributed by atoms with van der Waals surface area (Å²) in [6, 6.07) is 6.19. The molecule has 1 saturated carbocycles. The summed E-state index contributed by atoms with van der Waals surface area (Å²) < 4.78 is 12.2. The third-order valence-electron chi connectivity index (χ3n) is 6.08. The predicted octanol–water partition coefficient (Wildman–Crippen LogP) is 4.52. The lowest BCUT2D eigenvalue weighted by Crippen LogP contribution is -2.40. The molecule has 0 amide bonds. The fourth-order valence-corrected chi connectivity index (χ4v) is 4.27. The molecule has 2 aliphatic rings. The highest BCUT2D eigenvalue weighted by Crippen LogP contribution is 2.29. The molecule has 2 aromatic rings. The van der Waals surface area contributed by atoms with Gasteiger partial charge >= 0.3 is 0 Å². The van der Waals surface area contributed by atoms with E-state index in [1.54, 1.807) is 12.1 Å². The van der Waals surface area contributed by atoms with Crippen LogP contribution in [0.1, 0.15) is 63.8 Å². The average molecular weight is 400 g/mol. The number of benzene rings is 1. The molecule has 1 aliphatic carbocycles. The molecular formula is C21H28N4O4. The van der Waals surface area contributed by atoms with E-state index in [-0.39, 0.29) is 11.7 Å². The minimum atomic E-state index is -0.424. The number of nitrogens with zero attached hydrogens (tertiary/aromatic N) is 4. The topological polar surface area (TPSA) is 94.5 Å². The first-order valence-corrected chi connectivity index (χ1v) is 10.6. The molecule has 0 spiro atoms. The molecule has 0 bridgehead atoms. The summed E-state index contributed by atoms with van der Waals surface area (Å²) in [4.78, 5) is 12.7. The van der Waals surface area contributed by atoms with Crippen molar-refractivity contribution in [2.75, 3.05) is 13.1 Å². The number of likely N-dealkylation sites (tertiary alicyclic amines) is 1. The molecule has 2 fully saturated rings. The number of ether oxygens (including phenoxy) is 1. The summed E-state index contributed by atoms with van der Waals surface area (Å²) in [7, 11) is 0. The first-order valence-electron chi connectivity index (χ1n) is 10.6. The van der Waals surface area contributed by atoms with Crippen molar-refractivity contribution in [3.63, 3.8) is 0 Å². The van der Waals surface area contributed by atoms with Crippen LogP contribution in [0.3, 0.4) is 0 Å². The van der Waals surface area contributed by atoms with Crippen LogP contribution in [0.15, 0.2) is 28.7 Å². The Morgan fingerprint density at radius 2 is 1.72 bits per heavy atom. The van der Waals surface area contributed by atoms with Crippen molar-refractivity contribution < 1.29 is 14.1 Å². The van der Waals surface area contributed by atoms with Gasteiger partial charge in [0.05, 0.1) is 23.2 Å². The standard InChI is InChI=1S/C21H28N4O4/c1-15(24-13-11-19(12-14-24)28-18-5-3-2-4-6-18)20-22-23-21(29-20)16-7-9-17(10-8-16)25(26)27/h7-10,15,18-19H,2-6,11-14H2,1H3. The van der Waals surface area contributed by atoms with Gasteiger partial charge in [-0.3, -0.25) is 15.0 Å². The zero-order chi connectivity index (χ0) is 20.2. The van der Waals surface area contributed by atoms with E-state index in [0.717, 1.165) is 25.9 Å². The molecule has 1 saturated heterocycles. The van der Waals surface area contributed by atoms with Crippen LogP contribution in [0.4, 0.5) is 5.69 Å². The summed E-state index contributed by atoms with van der Waals surface area (Å²) in [6.07, 6.45) is 9.26. The number of piperidine rings is 1. The molecule has 1 unspecified atom stereocenters. The Balaban J connectivity index is 1.32. The van der Waals surface area contributed by atoms with Crippen molar-refractivity contribution in [2.45, 2.75) is 70.1 Å². The second kappa shape index (κ2) is 9.00. The van der Waals surface area contributed by atoms with Crippen molar-refractivity contribution in [2.24, 2.45) is 0 Å². The average Bonchev–Trinajstić information content (AvgIpc) is 3.25. The Morgan fingerprint density at radius 1 is 1.07 bits per heavy atom. The SMILES string of the molecule is CC(c1nnc(-c2ccc([N+](=O)[O-])cc2)o1)N1CCC(OC2CCCCC2)CC1. The van der Waals surface area contributed by atoms with Gasteiger partial charge in [-0.2, -0.15) is 0 Å². The van der Waals surface area contributed by atoms with Crippen LogP contribution in [-0.2, 0) is 4.74 Å². The molecule has 2 heterocycles. The summed E-state index contributed by atoms with van der Waals surface area (Å²) in [5.74, 6) is 0.960. The van der Waals surface area contributed by atoms with Gasteiger partial charge in [-0.05, 0) is 44.7 Å². The first-order chi connectivity index (χ1) is 14.1. The highest BCUT2D eigenvalue weighted by Gasteiger charge is 2.29. The number of non-ortho nitro benzene ring substituents is 1. The van der Waals surface area contributed by atoms with Crippen LogP contribution in [0.2, 0.25) is 0 Å². The molecule has 1 aromatic heterocycles. The molecule has 0 N–H and O–H groups in total. The zero-order valence-corrected chi connectivity index (χ0v) is 16.8. The maximum Gasteiger partial charge on any atom is 0.269 e. The highest BCUT2D eigenvalue weighted by atomic mass is 16.6. The second-order valence-electron chi connectivity index (χ2n) is 8.06. The predicted molar refractivity (Wildman–Crippen MR) is 107 cm³/mol. The van der Waals surface area contributed by atoms with Crippen molar-refractivity contribution in [1.29, 1.82) is 0 Å². The van der Waals surface area contributed by atoms with E-state index in [4.69, 9.17) is 9.15 Å². The molecule has 1 aromatic carbocycles. The monoisotopic (exact) mass is 400 g/mol. The number of rotatable bonds is 6. The van der Waals surface area contributed by atoms with E-state index in [1.807, 2.05) is 0 Å². The fourth-order valence-electron chi connectivity index (χ4n) is 4.27. The van der Waals surface area contributed by atoms with Gasteiger partial charge in [0.1, 0.15) is 0 Å². The van der Waals surface area contributed by atoms with Gasteiger partial charge < -0.3 is 9.15 Å². The molecule has 4 rings (SSSR count). The molecular weight excluding hydrogens is 372 g/mol. The summed E-state index contributed by atoms with van der Waals surface area (Å²) >= 11 is 0. The lowest BCUT2D eigenvalue weighted by Gasteiger charge is -2.36. The summed E-state index contributed by atoms with van der Waals surface area (Å²) in [5.41, 5.74) is 0.723. The minimum Gasteiger partial charge on any atom is -0.419 e. The largest absolute Gasteiger partial charge is 0.419 e. The van der Waals surface area contributed by atoms with E-state index >= 15 is 0 Å². The zero-order valence-electron chi connectivity index (χ0n) is 16.8. The van der Waals surface area contributed by atoms with Crippen molar-refractivity contribution in [3.8, 4) is 11.5 Å². The van der Waals surface area contributed by atoms with Crippen LogP contribution in [0, 0.1) is 10.1 Å². The second-order valence-corrected chi connectivity index (χ2v) is 8.06. The van der Waals surface area contributed by atoms with E-state index in [1.165, 1.54) is 44.2 Å². The number of nitro benzene ring substituents is 1. The lowest BCUT2D eigenvalue weighted by molar-refractivity contribution is -0.384. The van der Waals surface area contributed by atoms with Crippen molar-refractivity contribution in [3.05, 3.63) is 40.3 Å². The summed E-state index contributed by atoms with van der Waals surface area (Å²) in [5, 5.41) is 19.1. The molecule has 8 nitrogen and oxygen atoms in total. The highest BCUT2D eigenvalue weighted by molar-refractivity contribution is 5.55. The molecule has 1 aliphatic heterocycles. The lowest BCUT2D eigenvalue weighted by atomic mass is 9.97. The van der Waals surface area contributed by atoms with Gasteiger partial charge in [-0.25, -0.2) is 0 Å². The molecule has 0 radical (unpaired) electrons. The van der Waals surface area contributed by atoms with Crippen LogP contribution in [-0.4, -0.2) is 45.3 Å². The number of aromatic nitrogens is 2. The Hall–Kier alpha value is -2.32. The van der Waals surface area contributed by atoms with Crippen LogP contribution < -0.4 is 0 Å². The number of hydrogen-bond acceptors (Lipinski definition) is 7. The van der Waals surface area contributed by atoms with Gasteiger partial charge in [0, 0.05) is 30.8 Å².